The molecule has 0 aliphatic carbocycles. The second-order valence-electron chi connectivity index (χ2n) is 5.51. The van der Waals surface area contributed by atoms with Crippen molar-refractivity contribution in [1.29, 1.82) is 5.26 Å². The van der Waals surface area contributed by atoms with Crippen LogP contribution in [0.3, 0.4) is 0 Å². The molecular formula is C17H10Cl2N4O. The first-order valence-electron chi connectivity index (χ1n) is 7.22. The normalized spacial score (nSPS) is 19.6. The number of fused-ring (bicyclic) bond motifs is 3. The van der Waals surface area contributed by atoms with Crippen LogP contribution in [0.1, 0.15) is 11.6 Å². The fraction of sp³-hybridized carbons (Fsp3) is 0.118. The summed E-state index contributed by atoms with van der Waals surface area (Å²) in [5.41, 5.74) is 2.32. The first kappa shape index (κ1) is 15.0. The molecule has 2 heterocycles. The average Bonchev–Trinajstić information content (AvgIpc) is 2.94. The van der Waals surface area contributed by atoms with Gasteiger partial charge in [-0.05, 0) is 29.8 Å². The minimum absolute atomic E-state index is 0.378. The average molecular weight is 357 g/mol. The number of carbonyl (C=O) groups excluding carboxylic acids is 1. The van der Waals surface area contributed by atoms with Gasteiger partial charge in [-0.25, -0.2) is 4.98 Å². The Morgan fingerprint density at radius 1 is 1.17 bits per heavy atom. The second kappa shape index (κ2) is 5.52. The van der Waals surface area contributed by atoms with Crippen molar-refractivity contribution in [2.45, 2.75) is 6.04 Å². The highest BCUT2D eigenvalue weighted by Gasteiger charge is 2.38. The number of anilines is 1. The van der Waals surface area contributed by atoms with E-state index >= 15 is 0 Å². The lowest BCUT2D eigenvalue weighted by Gasteiger charge is -2.30. The summed E-state index contributed by atoms with van der Waals surface area (Å²) >= 11 is 12.1. The number of para-hydroxylation sites is 2. The van der Waals surface area contributed by atoms with Crippen LogP contribution in [0, 0.1) is 17.2 Å². The Bertz CT molecular complexity index is 1020. The molecule has 0 radical (unpaired) electrons. The van der Waals surface area contributed by atoms with Gasteiger partial charge in [0.05, 0.1) is 33.2 Å². The quantitative estimate of drug-likeness (QED) is 0.715. The molecule has 0 unspecified atom stereocenters. The van der Waals surface area contributed by atoms with Gasteiger partial charge in [0.25, 0.3) is 0 Å². The minimum atomic E-state index is -0.896. The molecule has 2 atom stereocenters. The largest absolute Gasteiger partial charge is 0.300 e. The molecule has 24 heavy (non-hydrogen) atoms. The summed E-state index contributed by atoms with van der Waals surface area (Å²) in [5, 5.41) is 13.1. The lowest BCUT2D eigenvalue weighted by molar-refractivity contribution is -0.119. The number of nitrogens with zero attached hydrogens (tertiary/aromatic N) is 3. The van der Waals surface area contributed by atoms with E-state index in [0.717, 1.165) is 16.6 Å². The van der Waals surface area contributed by atoms with Crippen molar-refractivity contribution in [3.63, 3.8) is 0 Å². The number of nitrogens with one attached hydrogen (secondary N) is 1. The number of halogens is 2. The van der Waals surface area contributed by atoms with Gasteiger partial charge < -0.3 is 4.57 Å². The standard InChI is InChI=1S/C17H10Cl2N4O/c18-11-6-5-9(7-12(11)19)15-10(8-20)16(24)22-17-21-13-3-1-2-4-14(13)23(15)17/h1-7,10,15H,(H,21,22,24)/t10-,15-/m0/s1. The first-order chi connectivity index (χ1) is 11.6. The number of hydrogen-bond donors (Lipinski definition) is 1. The van der Waals surface area contributed by atoms with Crippen LogP contribution in [-0.2, 0) is 4.79 Å². The zero-order chi connectivity index (χ0) is 16.8. The van der Waals surface area contributed by atoms with E-state index in [2.05, 4.69) is 16.4 Å². The van der Waals surface area contributed by atoms with Crippen molar-refractivity contribution in [2.24, 2.45) is 5.92 Å². The number of benzene rings is 2. The summed E-state index contributed by atoms with van der Waals surface area (Å²) in [6, 6.07) is 14.2. The molecule has 0 fully saturated rings. The number of amides is 1. The summed E-state index contributed by atoms with van der Waals surface area (Å²) in [6.07, 6.45) is 0. The van der Waals surface area contributed by atoms with Crippen molar-refractivity contribution in [3.8, 4) is 6.07 Å². The van der Waals surface area contributed by atoms with Crippen LogP contribution in [0.25, 0.3) is 11.0 Å². The van der Waals surface area contributed by atoms with Gasteiger partial charge in [-0.2, -0.15) is 5.26 Å². The van der Waals surface area contributed by atoms with E-state index < -0.39 is 12.0 Å². The lowest BCUT2D eigenvalue weighted by Crippen LogP contribution is -2.37. The molecule has 1 amide bonds. The van der Waals surface area contributed by atoms with Crippen molar-refractivity contribution in [1.82, 2.24) is 9.55 Å². The molecule has 5 nitrogen and oxygen atoms in total. The zero-order valence-electron chi connectivity index (χ0n) is 12.2. The van der Waals surface area contributed by atoms with Crippen LogP contribution in [0.2, 0.25) is 10.0 Å². The van der Waals surface area contributed by atoms with Gasteiger partial charge in [0.1, 0.15) is 0 Å². The summed E-state index contributed by atoms with van der Waals surface area (Å²) in [5.74, 6) is -0.854. The number of carbonyl (C=O) groups is 1. The Hall–Kier alpha value is -2.55. The van der Waals surface area contributed by atoms with Crippen LogP contribution in [0.15, 0.2) is 42.5 Å². The molecule has 3 aromatic rings. The molecular weight excluding hydrogens is 347 g/mol. The van der Waals surface area contributed by atoms with Gasteiger partial charge in [0.2, 0.25) is 11.9 Å². The lowest BCUT2D eigenvalue weighted by atomic mass is 9.91. The van der Waals surface area contributed by atoms with Gasteiger partial charge in [-0.3, -0.25) is 10.1 Å². The van der Waals surface area contributed by atoms with Crippen LogP contribution >= 0.6 is 23.2 Å². The fourth-order valence-electron chi connectivity index (χ4n) is 3.06. The number of imidazole rings is 1. The fourth-order valence-corrected chi connectivity index (χ4v) is 3.37. The SMILES string of the molecule is N#C[C@@H]1C(=O)Nc2nc3ccccc3n2[C@H]1c1ccc(Cl)c(Cl)c1. The van der Waals surface area contributed by atoms with Gasteiger partial charge >= 0.3 is 0 Å². The molecule has 1 N–H and O–H groups in total. The van der Waals surface area contributed by atoms with E-state index in [4.69, 9.17) is 23.2 Å². The molecule has 0 saturated heterocycles. The van der Waals surface area contributed by atoms with Gasteiger partial charge in [0.15, 0.2) is 5.92 Å². The Morgan fingerprint density at radius 3 is 2.71 bits per heavy atom. The highest BCUT2D eigenvalue weighted by molar-refractivity contribution is 6.42. The van der Waals surface area contributed by atoms with Gasteiger partial charge in [0, 0.05) is 0 Å². The predicted molar refractivity (Wildman–Crippen MR) is 92.1 cm³/mol. The van der Waals surface area contributed by atoms with E-state index in [9.17, 15) is 10.1 Å². The van der Waals surface area contributed by atoms with E-state index in [1.165, 1.54) is 0 Å². The highest BCUT2D eigenvalue weighted by Crippen LogP contribution is 2.39. The van der Waals surface area contributed by atoms with Crippen LogP contribution < -0.4 is 5.32 Å². The Kier molecular flexibility index (Phi) is 3.45. The molecule has 0 saturated carbocycles. The third-order valence-electron chi connectivity index (χ3n) is 4.13. The van der Waals surface area contributed by atoms with Gasteiger partial charge in [-0.1, -0.05) is 41.4 Å². The molecule has 1 aromatic heterocycles. The molecule has 1 aliphatic heterocycles. The first-order valence-corrected chi connectivity index (χ1v) is 7.98. The van der Waals surface area contributed by atoms with Crippen LogP contribution in [0.4, 0.5) is 5.95 Å². The maximum Gasteiger partial charge on any atom is 0.246 e. The molecule has 4 rings (SSSR count). The van der Waals surface area contributed by atoms with Crippen LogP contribution in [-0.4, -0.2) is 15.5 Å². The van der Waals surface area contributed by atoms with Crippen molar-refractivity contribution in [3.05, 3.63) is 58.1 Å². The number of nitriles is 1. The molecule has 2 aromatic carbocycles. The van der Waals surface area contributed by atoms with Gasteiger partial charge in [-0.15, -0.1) is 0 Å². The maximum atomic E-state index is 12.4. The second-order valence-corrected chi connectivity index (χ2v) is 6.32. The van der Waals surface area contributed by atoms with Crippen molar-refractivity contribution in [2.75, 3.05) is 5.32 Å². The maximum absolute atomic E-state index is 12.4. The number of hydrogen-bond acceptors (Lipinski definition) is 3. The Morgan fingerprint density at radius 2 is 1.96 bits per heavy atom. The Balaban J connectivity index is 2.01. The smallest absolute Gasteiger partial charge is 0.246 e. The third-order valence-corrected chi connectivity index (χ3v) is 4.87. The summed E-state index contributed by atoms with van der Waals surface area (Å²) in [7, 11) is 0. The molecule has 7 heteroatoms. The summed E-state index contributed by atoms with van der Waals surface area (Å²) in [4.78, 5) is 16.8. The van der Waals surface area contributed by atoms with Crippen LogP contribution in [0.5, 0.6) is 0 Å². The summed E-state index contributed by atoms with van der Waals surface area (Å²) in [6.45, 7) is 0. The molecule has 118 valence electrons. The predicted octanol–water partition coefficient (Wildman–Crippen LogP) is 4.02. The monoisotopic (exact) mass is 356 g/mol. The minimum Gasteiger partial charge on any atom is -0.300 e. The third kappa shape index (κ3) is 2.15. The van der Waals surface area contributed by atoms with E-state index in [0.29, 0.717) is 16.0 Å². The van der Waals surface area contributed by atoms with E-state index in [1.54, 1.807) is 18.2 Å². The number of rotatable bonds is 1. The van der Waals surface area contributed by atoms with Crippen molar-refractivity contribution >= 4 is 46.1 Å². The van der Waals surface area contributed by atoms with Crippen molar-refractivity contribution < 1.29 is 4.79 Å². The topological polar surface area (TPSA) is 70.7 Å². The highest BCUT2D eigenvalue weighted by atomic mass is 35.5. The number of aromatic nitrogens is 2. The molecule has 0 spiro atoms. The van der Waals surface area contributed by atoms with E-state index in [1.807, 2.05) is 28.8 Å². The van der Waals surface area contributed by atoms with E-state index in [-0.39, 0.29) is 5.91 Å². The summed E-state index contributed by atoms with van der Waals surface area (Å²) < 4.78 is 1.87. The Labute approximate surface area is 147 Å². The zero-order valence-corrected chi connectivity index (χ0v) is 13.7. The molecule has 0 bridgehead atoms. The molecule has 1 aliphatic rings.